The SMILES string of the molecule is CCc1cc2c(s1)CCCNC2N.NCC1CCN(CCc2ccc(Cl)cc2)CC1. The highest BCUT2D eigenvalue weighted by atomic mass is 35.5. The Balaban J connectivity index is 0.000000177. The molecule has 3 heterocycles. The summed E-state index contributed by atoms with van der Waals surface area (Å²) in [6.07, 6.45) is 7.24. The third-order valence-electron chi connectivity index (χ3n) is 6.19. The highest BCUT2D eigenvalue weighted by Gasteiger charge is 2.18. The lowest BCUT2D eigenvalue weighted by atomic mass is 9.97. The van der Waals surface area contributed by atoms with Crippen molar-refractivity contribution in [2.45, 2.75) is 51.6 Å². The van der Waals surface area contributed by atoms with E-state index in [1.54, 1.807) is 0 Å². The van der Waals surface area contributed by atoms with Crippen molar-refractivity contribution < 1.29 is 0 Å². The van der Waals surface area contributed by atoms with Gasteiger partial charge in [0, 0.05) is 21.3 Å². The smallest absolute Gasteiger partial charge is 0.0821 e. The third kappa shape index (κ3) is 7.04. The summed E-state index contributed by atoms with van der Waals surface area (Å²) in [6, 6.07) is 10.4. The minimum absolute atomic E-state index is 0.0639. The molecule has 1 atom stereocenters. The van der Waals surface area contributed by atoms with Gasteiger partial charge in [-0.1, -0.05) is 30.7 Å². The number of nitrogens with one attached hydrogen (secondary N) is 1. The van der Waals surface area contributed by atoms with Gasteiger partial charge in [0.15, 0.2) is 0 Å². The third-order valence-corrected chi connectivity index (χ3v) is 7.80. The molecule has 2 aliphatic heterocycles. The molecule has 6 heteroatoms. The number of hydrogen-bond acceptors (Lipinski definition) is 5. The number of aryl methyl sites for hydroxylation is 2. The fourth-order valence-corrected chi connectivity index (χ4v) is 5.46. The molecule has 4 nitrogen and oxygen atoms in total. The molecule has 1 unspecified atom stereocenters. The van der Waals surface area contributed by atoms with Gasteiger partial charge >= 0.3 is 0 Å². The predicted molar refractivity (Wildman–Crippen MR) is 130 cm³/mol. The van der Waals surface area contributed by atoms with E-state index in [1.807, 2.05) is 23.5 Å². The van der Waals surface area contributed by atoms with E-state index in [1.165, 1.54) is 59.7 Å². The van der Waals surface area contributed by atoms with Gasteiger partial charge in [-0.2, -0.15) is 0 Å². The molecular formula is C24H37ClN4S. The second kappa shape index (κ2) is 12.2. The fourth-order valence-electron chi connectivity index (χ4n) is 4.13. The van der Waals surface area contributed by atoms with Gasteiger partial charge < -0.3 is 16.4 Å². The largest absolute Gasteiger partial charge is 0.330 e. The van der Waals surface area contributed by atoms with Crippen LogP contribution in [0.2, 0.25) is 5.02 Å². The highest BCUT2D eigenvalue weighted by molar-refractivity contribution is 7.12. The first-order valence-corrected chi connectivity index (χ1v) is 12.6. The number of nitrogens with two attached hydrogens (primary N) is 2. The summed E-state index contributed by atoms with van der Waals surface area (Å²) >= 11 is 7.80. The Labute approximate surface area is 191 Å². The lowest BCUT2D eigenvalue weighted by Gasteiger charge is -2.31. The van der Waals surface area contributed by atoms with Crippen LogP contribution in [0.15, 0.2) is 30.3 Å². The van der Waals surface area contributed by atoms with E-state index >= 15 is 0 Å². The second-order valence-corrected chi connectivity index (χ2v) is 10.0. The van der Waals surface area contributed by atoms with Crippen LogP contribution in [0.5, 0.6) is 0 Å². The van der Waals surface area contributed by atoms with Crippen LogP contribution in [0.1, 0.15) is 53.2 Å². The minimum atomic E-state index is 0.0639. The van der Waals surface area contributed by atoms with E-state index in [-0.39, 0.29) is 6.17 Å². The number of hydrogen-bond donors (Lipinski definition) is 3. The van der Waals surface area contributed by atoms with Gasteiger partial charge in [0.2, 0.25) is 0 Å². The molecule has 0 bridgehead atoms. The fraction of sp³-hybridized carbons (Fsp3) is 0.583. The maximum Gasteiger partial charge on any atom is 0.0821 e. The molecule has 0 amide bonds. The van der Waals surface area contributed by atoms with Gasteiger partial charge in [0.05, 0.1) is 6.17 Å². The monoisotopic (exact) mass is 448 g/mol. The van der Waals surface area contributed by atoms with E-state index in [0.717, 1.165) is 43.4 Å². The van der Waals surface area contributed by atoms with Gasteiger partial charge in [0.1, 0.15) is 0 Å². The zero-order valence-electron chi connectivity index (χ0n) is 18.2. The first kappa shape index (κ1) is 23.7. The Hall–Kier alpha value is -0.950. The van der Waals surface area contributed by atoms with Crippen molar-refractivity contribution in [2.75, 3.05) is 32.7 Å². The molecule has 1 aromatic carbocycles. The van der Waals surface area contributed by atoms with Gasteiger partial charge in [-0.15, -0.1) is 11.3 Å². The quantitative estimate of drug-likeness (QED) is 0.635. The van der Waals surface area contributed by atoms with E-state index in [0.29, 0.717) is 0 Å². The molecule has 2 aromatic rings. The molecule has 30 heavy (non-hydrogen) atoms. The Morgan fingerprint density at radius 1 is 1.20 bits per heavy atom. The Morgan fingerprint density at radius 3 is 2.60 bits per heavy atom. The summed E-state index contributed by atoms with van der Waals surface area (Å²) in [6.45, 7) is 7.66. The zero-order valence-corrected chi connectivity index (χ0v) is 19.8. The van der Waals surface area contributed by atoms with Crippen molar-refractivity contribution in [1.82, 2.24) is 10.2 Å². The zero-order chi connectivity index (χ0) is 21.3. The molecule has 166 valence electrons. The van der Waals surface area contributed by atoms with Crippen LogP contribution in [0.25, 0.3) is 0 Å². The number of likely N-dealkylation sites (tertiary alicyclic amines) is 1. The van der Waals surface area contributed by atoms with Crippen LogP contribution in [0.3, 0.4) is 0 Å². The Bertz CT molecular complexity index is 753. The average Bonchev–Trinajstić information content (AvgIpc) is 3.13. The topological polar surface area (TPSA) is 67.3 Å². The molecule has 1 saturated heterocycles. The number of rotatable bonds is 5. The Kier molecular flexibility index (Phi) is 9.63. The number of fused-ring (bicyclic) bond motifs is 1. The first-order chi connectivity index (χ1) is 14.6. The number of benzene rings is 1. The van der Waals surface area contributed by atoms with Crippen molar-refractivity contribution in [2.24, 2.45) is 17.4 Å². The van der Waals surface area contributed by atoms with Gasteiger partial charge in [-0.05, 0) is 99.9 Å². The average molecular weight is 449 g/mol. The van der Waals surface area contributed by atoms with Crippen LogP contribution < -0.4 is 16.8 Å². The first-order valence-electron chi connectivity index (χ1n) is 11.4. The lowest BCUT2D eigenvalue weighted by molar-refractivity contribution is 0.189. The normalized spacial score (nSPS) is 20.2. The molecule has 0 radical (unpaired) electrons. The maximum absolute atomic E-state index is 6.01. The summed E-state index contributed by atoms with van der Waals surface area (Å²) in [7, 11) is 0. The van der Waals surface area contributed by atoms with Crippen LogP contribution in [-0.4, -0.2) is 37.6 Å². The maximum atomic E-state index is 6.01. The Morgan fingerprint density at radius 2 is 1.93 bits per heavy atom. The molecule has 5 N–H and O–H groups in total. The molecule has 1 fully saturated rings. The van der Waals surface area contributed by atoms with Crippen molar-refractivity contribution in [3.63, 3.8) is 0 Å². The molecular weight excluding hydrogens is 412 g/mol. The molecule has 0 aliphatic carbocycles. The van der Waals surface area contributed by atoms with Crippen molar-refractivity contribution in [1.29, 1.82) is 0 Å². The lowest BCUT2D eigenvalue weighted by Crippen LogP contribution is -2.37. The van der Waals surface area contributed by atoms with Gasteiger partial charge in [0.25, 0.3) is 0 Å². The second-order valence-electron chi connectivity index (χ2n) is 8.38. The van der Waals surface area contributed by atoms with Crippen molar-refractivity contribution >= 4 is 22.9 Å². The van der Waals surface area contributed by atoms with Crippen molar-refractivity contribution in [3.05, 3.63) is 56.2 Å². The standard InChI is InChI=1S/C14H21ClN2.C10H16N2S/c15-14-3-1-12(2-4-14)5-8-17-9-6-13(11-16)7-10-17;1-2-7-6-8-9(13-7)4-3-5-12-10(8)11/h1-4,13H,5-11,16H2;6,10,12H,2-5,11H2,1H3. The minimum Gasteiger partial charge on any atom is -0.330 e. The van der Waals surface area contributed by atoms with E-state index < -0.39 is 0 Å². The number of piperidine rings is 1. The number of nitrogens with zero attached hydrogens (tertiary/aromatic N) is 1. The van der Waals surface area contributed by atoms with Crippen LogP contribution in [-0.2, 0) is 19.3 Å². The summed E-state index contributed by atoms with van der Waals surface area (Å²) in [5.74, 6) is 0.752. The molecule has 1 aromatic heterocycles. The summed E-state index contributed by atoms with van der Waals surface area (Å²) in [4.78, 5) is 5.50. The molecule has 4 rings (SSSR count). The van der Waals surface area contributed by atoms with Crippen LogP contribution in [0, 0.1) is 5.92 Å². The molecule has 0 saturated carbocycles. The number of halogens is 1. The van der Waals surface area contributed by atoms with Crippen LogP contribution in [0.4, 0.5) is 0 Å². The highest BCUT2D eigenvalue weighted by Crippen LogP contribution is 2.29. The summed E-state index contributed by atoms with van der Waals surface area (Å²) in [5, 5.41) is 4.14. The van der Waals surface area contributed by atoms with Gasteiger partial charge in [-0.25, -0.2) is 0 Å². The molecule has 2 aliphatic rings. The summed E-state index contributed by atoms with van der Waals surface area (Å²) < 4.78 is 0. The van der Waals surface area contributed by atoms with E-state index in [2.05, 4.69) is 35.3 Å². The van der Waals surface area contributed by atoms with E-state index in [9.17, 15) is 0 Å². The molecule has 0 spiro atoms. The summed E-state index contributed by atoms with van der Waals surface area (Å²) in [5.41, 5.74) is 14.4. The van der Waals surface area contributed by atoms with Crippen LogP contribution >= 0.6 is 22.9 Å². The van der Waals surface area contributed by atoms with Gasteiger partial charge in [-0.3, -0.25) is 5.32 Å². The number of thiophene rings is 1. The van der Waals surface area contributed by atoms with E-state index in [4.69, 9.17) is 23.1 Å². The predicted octanol–water partition coefficient (Wildman–Crippen LogP) is 4.36. The van der Waals surface area contributed by atoms with Crippen molar-refractivity contribution in [3.8, 4) is 0 Å².